The second kappa shape index (κ2) is 6.07. The Hall–Kier alpha value is -1.11. The highest BCUT2D eigenvalue weighted by atomic mass is 35.5. The molecule has 0 saturated heterocycles. The number of sulfonamides is 1. The fourth-order valence-corrected chi connectivity index (χ4v) is 4.67. The van der Waals surface area contributed by atoms with Gasteiger partial charge in [0.2, 0.25) is 15.3 Å². The molecule has 0 amide bonds. The zero-order valence-electron chi connectivity index (χ0n) is 14.0. The van der Waals surface area contributed by atoms with Crippen molar-refractivity contribution in [3.63, 3.8) is 0 Å². The molecule has 128 valence electrons. The van der Waals surface area contributed by atoms with Gasteiger partial charge in [-0.1, -0.05) is 0 Å². The minimum atomic E-state index is -3.81. The van der Waals surface area contributed by atoms with E-state index in [0.29, 0.717) is 11.1 Å². The number of rotatable bonds is 4. The molecule has 0 unspecified atom stereocenters. The second-order valence-electron chi connectivity index (χ2n) is 6.55. The van der Waals surface area contributed by atoms with Gasteiger partial charge >= 0.3 is 0 Å². The molecule has 0 saturated carbocycles. The second-order valence-corrected chi connectivity index (χ2v) is 8.68. The number of nitrogens with one attached hydrogen (secondary N) is 1. The van der Waals surface area contributed by atoms with Crippen molar-refractivity contribution in [1.82, 2.24) is 4.72 Å². The van der Waals surface area contributed by atoms with Gasteiger partial charge in [0.05, 0.1) is 11.4 Å². The fraction of sp³-hybridized carbons (Fsp3) is 0.562. The monoisotopic (exact) mass is 359 g/mol. The van der Waals surface area contributed by atoms with Crippen LogP contribution in [-0.4, -0.2) is 25.8 Å². The smallest absolute Gasteiger partial charge is 0.241 e. The highest BCUT2D eigenvalue weighted by molar-refractivity contribution is 7.89. The van der Waals surface area contributed by atoms with Crippen LogP contribution >= 0.6 is 11.6 Å². The molecule has 23 heavy (non-hydrogen) atoms. The van der Waals surface area contributed by atoms with Gasteiger partial charge in [-0.15, -0.1) is 0 Å². The average molecular weight is 360 g/mol. The van der Waals surface area contributed by atoms with Gasteiger partial charge in [-0.25, -0.2) is 13.1 Å². The standard InChI is InChI=1S/C16H22ClNO4S/c1-9-10(2)15(23(20,21)18-8-13(17)19)11(3)12-6-7-16(4,5)22-14(9)12/h18H,6-8H2,1-5H3. The maximum Gasteiger partial charge on any atom is 0.241 e. The first-order chi connectivity index (χ1) is 10.5. The summed E-state index contributed by atoms with van der Waals surface area (Å²) in [7, 11) is -3.81. The Morgan fingerprint density at radius 1 is 1.22 bits per heavy atom. The van der Waals surface area contributed by atoms with Gasteiger partial charge in [0, 0.05) is 0 Å². The third-order valence-electron chi connectivity index (χ3n) is 4.34. The molecule has 1 aromatic rings. The van der Waals surface area contributed by atoms with E-state index in [-0.39, 0.29) is 10.5 Å². The van der Waals surface area contributed by atoms with E-state index in [1.54, 1.807) is 13.8 Å². The van der Waals surface area contributed by atoms with Gasteiger partial charge in [0.15, 0.2) is 0 Å². The van der Waals surface area contributed by atoms with Crippen LogP contribution in [0.2, 0.25) is 0 Å². The van der Waals surface area contributed by atoms with Crippen LogP contribution in [0, 0.1) is 20.8 Å². The van der Waals surface area contributed by atoms with Gasteiger partial charge in [0.25, 0.3) is 0 Å². The minimum Gasteiger partial charge on any atom is -0.487 e. The number of halogens is 1. The highest BCUT2D eigenvalue weighted by Gasteiger charge is 2.33. The van der Waals surface area contributed by atoms with E-state index in [4.69, 9.17) is 16.3 Å². The van der Waals surface area contributed by atoms with E-state index in [1.165, 1.54) is 0 Å². The number of hydrogen-bond acceptors (Lipinski definition) is 4. The lowest BCUT2D eigenvalue weighted by molar-refractivity contribution is -0.110. The lowest BCUT2D eigenvalue weighted by Crippen LogP contribution is -2.34. The van der Waals surface area contributed by atoms with E-state index in [9.17, 15) is 13.2 Å². The van der Waals surface area contributed by atoms with Crippen molar-refractivity contribution in [3.8, 4) is 5.75 Å². The number of fused-ring (bicyclic) bond motifs is 1. The van der Waals surface area contributed by atoms with Crippen molar-refractivity contribution in [2.24, 2.45) is 0 Å². The maximum atomic E-state index is 12.6. The largest absolute Gasteiger partial charge is 0.487 e. The van der Waals surface area contributed by atoms with Crippen LogP contribution in [0.25, 0.3) is 0 Å². The molecule has 0 radical (unpaired) electrons. The molecule has 2 rings (SSSR count). The van der Waals surface area contributed by atoms with Gasteiger partial charge in [-0.05, 0) is 81.3 Å². The molecule has 0 bridgehead atoms. The van der Waals surface area contributed by atoms with Crippen molar-refractivity contribution in [1.29, 1.82) is 0 Å². The van der Waals surface area contributed by atoms with Gasteiger partial charge in [0.1, 0.15) is 11.4 Å². The Bertz CT molecular complexity index is 769. The Morgan fingerprint density at radius 3 is 2.39 bits per heavy atom. The van der Waals surface area contributed by atoms with E-state index in [0.717, 1.165) is 29.7 Å². The predicted molar refractivity (Wildman–Crippen MR) is 89.7 cm³/mol. The Labute approximate surface area is 142 Å². The molecule has 0 aliphatic carbocycles. The summed E-state index contributed by atoms with van der Waals surface area (Å²) in [6.07, 6.45) is 1.57. The van der Waals surface area contributed by atoms with Crippen LogP contribution in [0.3, 0.4) is 0 Å². The summed E-state index contributed by atoms with van der Waals surface area (Å²) < 4.78 is 33.5. The summed E-state index contributed by atoms with van der Waals surface area (Å²) in [6.45, 7) is 9.02. The number of ether oxygens (including phenoxy) is 1. The number of carbonyl (C=O) groups excluding carboxylic acids is 1. The lowest BCUT2D eigenvalue weighted by Gasteiger charge is -2.35. The molecule has 0 atom stereocenters. The van der Waals surface area contributed by atoms with Gasteiger partial charge < -0.3 is 4.74 Å². The first kappa shape index (κ1) is 18.2. The van der Waals surface area contributed by atoms with Crippen LogP contribution in [0.1, 0.15) is 42.5 Å². The van der Waals surface area contributed by atoms with Crippen molar-refractivity contribution < 1.29 is 17.9 Å². The molecule has 1 aliphatic rings. The SMILES string of the molecule is Cc1c(C)c(S(=O)(=O)NCC(=O)Cl)c(C)c2c1OC(C)(C)CC2. The van der Waals surface area contributed by atoms with E-state index in [1.807, 2.05) is 20.8 Å². The van der Waals surface area contributed by atoms with Crippen molar-refractivity contribution in [2.45, 2.75) is 58.0 Å². The third kappa shape index (κ3) is 3.54. The first-order valence-corrected chi connectivity index (χ1v) is 9.32. The molecule has 0 aromatic heterocycles. The van der Waals surface area contributed by atoms with Crippen LogP contribution in [0.5, 0.6) is 5.75 Å². The summed E-state index contributed by atoms with van der Waals surface area (Å²) in [4.78, 5) is 11.1. The van der Waals surface area contributed by atoms with Crippen LogP contribution in [-0.2, 0) is 21.2 Å². The average Bonchev–Trinajstić information content (AvgIpc) is 2.42. The number of hydrogen-bond donors (Lipinski definition) is 1. The molecule has 0 fully saturated rings. The zero-order chi connectivity index (χ0) is 17.6. The number of benzene rings is 1. The Balaban J connectivity index is 2.60. The fourth-order valence-electron chi connectivity index (χ4n) is 2.98. The molecule has 1 aliphatic heterocycles. The quantitative estimate of drug-likeness (QED) is 0.839. The van der Waals surface area contributed by atoms with Crippen molar-refractivity contribution in [2.75, 3.05) is 6.54 Å². The zero-order valence-corrected chi connectivity index (χ0v) is 15.6. The van der Waals surface area contributed by atoms with Crippen molar-refractivity contribution in [3.05, 3.63) is 22.3 Å². The summed E-state index contributed by atoms with van der Waals surface area (Å²) in [6, 6.07) is 0. The molecule has 7 heteroatoms. The lowest BCUT2D eigenvalue weighted by atomic mass is 9.88. The molecule has 1 N–H and O–H groups in total. The molecular weight excluding hydrogens is 338 g/mol. The maximum absolute atomic E-state index is 12.6. The van der Waals surface area contributed by atoms with Crippen LogP contribution < -0.4 is 9.46 Å². The summed E-state index contributed by atoms with van der Waals surface area (Å²) in [5.74, 6) is 0.781. The third-order valence-corrected chi connectivity index (χ3v) is 6.14. The van der Waals surface area contributed by atoms with E-state index >= 15 is 0 Å². The van der Waals surface area contributed by atoms with Crippen LogP contribution in [0.4, 0.5) is 0 Å². The topological polar surface area (TPSA) is 72.5 Å². The first-order valence-electron chi connectivity index (χ1n) is 7.46. The predicted octanol–water partition coefficient (Wildman–Crippen LogP) is 2.76. The summed E-state index contributed by atoms with van der Waals surface area (Å²) >= 11 is 5.24. The highest BCUT2D eigenvalue weighted by Crippen LogP contribution is 2.41. The molecule has 1 heterocycles. The number of carbonyl (C=O) groups is 1. The van der Waals surface area contributed by atoms with Gasteiger partial charge in [-0.3, -0.25) is 4.79 Å². The summed E-state index contributed by atoms with van der Waals surface area (Å²) in [5.41, 5.74) is 2.78. The molecule has 1 aromatic carbocycles. The molecule has 5 nitrogen and oxygen atoms in total. The summed E-state index contributed by atoms with van der Waals surface area (Å²) in [5, 5.41) is -0.747. The van der Waals surface area contributed by atoms with E-state index in [2.05, 4.69) is 4.72 Å². The minimum absolute atomic E-state index is 0.218. The Kier molecular flexibility index (Phi) is 4.81. The van der Waals surface area contributed by atoms with Gasteiger partial charge in [-0.2, -0.15) is 0 Å². The van der Waals surface area contributed by atoms with Crippen molar-refractivity contribution >= 4 is 26.9 Å². The normalized spacial score (nSPS) is 16.6. The molecular formula is C16H22ClNO4S. The Morgan fingerprint density at radius 2 is 1.83 bits per heavy atom. The van der Waals surface area contributed by atoms with Crippen LogP contribution in [0.15, 0.2) is 4.90 Å². The molecule has 0 spiro atoms. The van der Waals surface area contributed by atoms with E-state index < -0.39 is 21.8 Å².